The Hall–Kier alpha value is -0.346. The molecule has 4 heteroatoms. The van der Waals surface area contributed by atoms with Crippen LogP contribution < -0.4 is 0 Å². The van der Waals surface area contributed by atoms with E-state index in [4.69, 9.17) is 15.3 Å². The van der Waals surface area contributed by atoms with Crippen molar-refractivity contribution in [3.05, 3.63) is 12.7 Å². The van der Waals surface area contributed by atoms with Gasteiger partial charge in [0.25, 0.3) is 0 Å². The summed E-state index contributed by atoms with van der Waals surface area (Å²) in [4.78, 5) is 0. The normalized spacial score (nSPS) is 16.9. The van der Waals surface area contributed by atoms with Gasteiger partial charge in [0.05, 0.1) is 6.10 Å². The summed E-state index contributed by atoms with van der Waals surface area (Å²) in [5.74, 6) is 3.64. The topological polar surface area (TPSA) is 18.5 Å². The highest BCUT2D eigenvalue weighted by Gasteiger charge is 2.41. The van der Waals surface area contributed by atoms with E-state index in [0.717, 1.165) is 25.9 Å². The average Bonchev–Trinajstić information content (AvgIpc) is 2.51. The van der Waals surface area contributed by atoms with Gasteiger partial charge in [0, 0.05) is 13.0 Å². The van der Waals surface area contributed by atoms with Crippen molar-refractivity contribution in [1.29, 1.82) is 0 Å². The van der Waals surface area contributed by atoms with E-state index in [0.29, 0.717) is 11.8 Å². The van der Waals surface area contributed by atoms with Gasteiger partial charge in [-0.15, -0.1) is 18.9 Å². The number of terminal acetylenes is 1. The second-order valence-corrected chi connectivity index (χ2v) is 20.9. The summed E-state index contributed by atoms with van der Waals surface area (Å²) in [5, 5.41) is 0.428. The second kappa shape index (κ2) is 10.6. The molecule has 0 heterocycles. The van der Waals surface area contributed by atoms with Crippen LogP contribution in [0.1, 0.15) is 67.7 Å². The largest absolute Gasteiger partial charge is 0.417 e. The van der Waals surface area contributed by atoms with Gasteiger partial charge in [-0.25, -0.2) is 0 Å². The molecule has 0 aromatic carbocycles. The van der Waals surface area contributed by atoms with Gasteiger partial charge in [-0.1, -0.05) is 54.5 Å². The Balaban J connectivity index is 5.18. The minimum absolute atomic E-state index is 0.0529. The van der Waals surface area contributed by atoms with Gasteiger partial charge in [0.15, 0.2) is 16.6 Å². The van der Waals surface area contributed by atoms with Gasteiger partial charge < -0.3 is 8.85 Å². The lowest BCUT2D eigenvalue weighted by Gasteiger charge is -2.42. The third-order valence-corrected chi connectivity index (χ3v) is 16.0. The van der Waals surface area contributed by atoms with E-state index in [1.807, 2.05) is 6.08 Å². The van der Waals surface area contributed by atoms with Gasteiger partial charge >= 0.3 is 0 Å². The highest BCUT2D eigenvalue weighted by Crippen LogP contribution is 2.40. The summed E-state index contributed by atoms with van der Waals surface area (Å²) in [6.45, 7) is 30.2. The fourth-order valence-electron chi connectivity index (χ4n) is 2.80. The summed E-state index contributed by atoms with van der Waals surface area (Å²) in [7, 11) is -3.56. The lowest BCUT2D eigenvalue weighted by molar-refractivity contribution is 0.112. The minimum Gasteiger partial charge on any atom is -0.417 e. The number of hydrogen-bond donors (Lipinski definition) is 0. The lowest BCUT2D eigenvalue weighted by atomic mass is 9.83. The Kier molecular flexibility index (Phi) is 10.5. The Bertz CT molecular complexity index is 518. The highest BCUT2D eigenvalue weighted by molar-refractivity contribution is 6.74. The molecule has 2 nitrogen and oxygen atoms in total. The van der Waals surface area contributed by atoms with E-state index in [-0.39, 0.29) is 16.2 Å². The molecule has 0 unspecified atom stereocenters. The Labute approximate surface area is 179 Å². The Morgan fingerprint density at radius 3 is 1.89 bits per heavy atom. The summed E-state index contributed by atoms with van der Waals surface area (Å²) in [6.07, 6.45) is 10.6. The monoisotopic (exact) mass is 424 g/mol. The van der Waals surface area contributed by atoms with Crippen molar-refractivity contribution in [2.45, 2.75) is 110 Å². The molecule has 0 aromatic heterocycles. The number of hydrogen-bond acceptors (Lipinski definition) is 2. The zero-order valence-electron chi connectivity index (χ0n) is 20.7. The van der Waals surface area contributed by atoms with Gasteiger partial charge in [0.1, 0.15) is 0 Å². The summed E-state index contributed by atoms with van der Waals surface area (Å²) in [6, 6.07) is 0. The standard InChI is InChI=1S/C24H48O2Si2/c1-14-17-20(3)21(18-16-19-25-27(10,11)23(4,5)6)22(15-2)26-28(12,13)24(7,8)9/h1,15,20-22H,2,16-19H2,3-13H3/t20-,21+,22-/m1/s1. The molecule has 0 bridgehead atoms. The average molecular weight is 425 g/mol. The smallest absolute Gasteiger partial charge is 0.192 e. The van der Waals surface area contributed by atoms with Crippen molar-refractivity contribution >= 4 is 16.6 Å². The Morgan fingerprint density at radius 2 is 1.50 bits per heavy atom. The first-order valence-corrected chi connectivity index (χ1v) is 16.7. The van der Waals surface area contributed by atoms with Crippen LogP contribution in [-0.4, -0.2) is 29.3 Å². The quantitative estimate of drug-likeness (QED) is 0.147. The van der Waals surface area contributed by atoms with Crippen LogP contribution in [0.15, 0.2) is 12.7 Å². The zero-order valence-corrected chi connectivity index (χ0v) is 22.7. The van der Waals surface area contributed by atoms with Gasteiger partial charge in [0.2, 0.25) is 0 Å². The summed E-state index contributed by atoms with van der Waals surface area (Å²) in [5.41, 5.74) is 0. The van der Waals surface area contributed by atoms with Gasteiger partial charge in [-0.3, -0.25) is 0 Å². The van der Waals surface area contributed by atoms with E-state index in [9.17, 15) is 0 Å². The maximum Gasteiger partial charge on any atom is 0.192 e. The van der Waals surface area contributed by atoms with E-state index in [1.54, 1.807) is 0 Å². The second-order valence-electron chi connectivity index (χ2n) is 11.4. The van der Waals surface area contributed by atoms with E-state index >= 15 is 0 Å². The first-order chi connectivity index (χ1) is 12.5. The van der Waals surface area contributed by atoms with E-state index < -0.39 is 16.6 Å². The molecule has 0 rings (SSSR count). The molecule has 0 spiro atoms. The molecule has 164 valence electrons. The molecule has 0 saturated heterocycles. The highest BCUT2D eigenvalue weighted by atomic mass is 28.4. The van der Waals surface area contributed by atoms with Crippen molar-refractivity contribution in [1.82, 2.24) is 0 Å². The molecule has 0 aromatic rings. The molecule has 0 aliphatic heterocycles. The van der Waals surface area contributed by atoms with Crippen LogP contribution in [0.5, 0.6) is 0 Å². The van der Waals surface area contributed by atoms with Crippen molar-refractivity contribution in [2.75, 3.05) is 6.61 Å². The van der Waals surface area contributed by atoms with Crippen LogP contribution in [-0.2, 0) is 8.85 Å². The van der Waals surface area contributed by atoms with Crippen LogP contribution >= 0.6 is 0 Å². The third-order valence-electron chi connectivity index (χ3n) is 7.01. The van der Waals surface area contributed by atoms with Gasteiger partial charge in [-0.05, 0) is 60.9 Å². The molecule has 0 fully saturated rings. The SMILES string of the molecule is C#CC[C@@H](C)[C@H](CCCO[Si](C)(C)C(C)(C)C)[C@@H](C=C)O[Si](C)(C)C(C)(C)C. The molecule has 0 amide bonds. The molecule has 3 atom stereocenters. The number of rotatable bonds is 11. The maximum absolute atomic E-state index is 6.75. The molecule has 28 heavy (non-hydrogen) atoms. The van der Waals surface area contributed by atoms with Crippen molar-refractivity contribution in [3.8, 4) is 12.3 Å². The predicted molar refractivity (Wildman–Crippen MR) is 131 cm³/mol. The molecule has 0 saturated carbocycles. The van der Waals surface area contributed by atoms with Crippen LogP contribution in [0.4, 0.5) is 0 Å². The lowest BCUT2D eigenvalue weighted by Crippen LogP contribution is -2.46. The maximum atomic E-state index is 6.75. The molecular weight excluding hydrogens is 376 g/mol. The molecule has 0 N–H and O–H groups in total. The fourth-order valence-corrected chi connectivity index (χ4v) is 5.19. The van der Waals surface area contributed by atoms with Crippen LogP contribution in [0, 0.1) is 24.2 Å². The third kappa shape index (κ3) is 8.18. The first kappa shape index (κ1) is 27.7. The Morgan fingerprint density at radius 1 is 1.00 bits per heavy atom. The van der Waals surface area contributed by atoms with E-state index in [2.05, 4.69) is 87.2 Å². The molecular formula is C24H48O2Si2. The van der Waals surface area contributed by atoms with Crippen LogP contribution in [0.25, 0.3) is 0 Å². The molecule has 0 aliphatic carbocycles. The molecule has 0 aliphatic rings. The van der Waals surface area contributed by atoms with Crippen molar-refractivity contribution in [3.63, 3.8) is 0 Å². The first-order valence-electron chi connectivity index (χ1n) is 10.9. The van der Waals surface area contributed by atoms with Gasteiger partial charge in [-0.2, -0.15) is 0 Å². The summed E-state index contributed by atoms with van der Waals surface area (Å²) < 4.78 is 13.1. The summed E-state index contributed by atoms with van der Waals surface area (Å²) >= 11 is 0. The van der Waals surface area contributed by atoms with Crippen LogP contribution in [0.2, 0.25) is 36.3 Å². The van der Waals surface area contributed by atoms with Crippen molar-refractivity contribution < 1.29 is 8.85 Å². The van der Waals surface area contributed by atoms with Crippen molar-refractivity contribution in [2.24, 2.45) is 11.8 Å². The van der Waals surface area contributed by atoms with Crippen LogP contribution in [0.3, 0.4) is 0 Å². The minimum atomic E-state index is -1.87. The zero-order chi connectivity index (χ0) is 22.4. The molecule has 0 radical (unpaired) electrons. The van der Waals surface area contributed by atoms with E-state index in [1.165, 1.54) is 0 Å². The predicted octanol–water partition coefficient (Wildman–Crippen LogP) is 7.64. The fraction of sp³-hybridized carbons (Fsp3) is 0.833.